The summed E-state index contributed by atoms with van der Waals surface area (Å²) in [5.74, 6) is 0. The van der Waals surface area contributed by atoms with Crippen LogP contribution in [0.1, 0.15) is 5.69 Å². The Kier molecular flexibility index (Phi) is 3.13. The van der Waals surface area contributed by atoms with Gasteiger partial charge >= 0.3 is 0 Å². The molecule has 1 aromatic carbocycles. The van der Waals surface area contributed by atoms with E-state index < -0.39 is 0 Å². The van der Waals surface area contributed by atoms with E-state index in [0.717, 1.165) is 15.6 Å². The molecule has 0 bridgehead atoms. The Bertz CT molecular complexity index is 784. The molecule has 2 aromatic heterocycles. The first kappa shape index (κ1) is 12.0. The minimum atomic E-state index is -0.0237. The van der Waals surface area contributed by atoms with Crippen molar-refractivity contribution in [2.45, 2.75) is 6.54 Å². The molecular formula is C14H10BrN3O. The first-order chi connectivity index (χ1) is 9.25. The average molecular weight is 316 g/mol. The van der Waals surface area contributed by atoms with Crippen LogP contribution in [-0.2, 0) is 6.54 Å². The molecule has 0 saturated carbocycles. The number of rotatable bonds is 2. The zero-order valence-corrected chi connectivity index (χ0v) is 11.5. The lowest BCUT2D eigenvalue weighted by molar-refractivity contribution is 0.730. The van der Waals surface area contributed by atoms with Gasteiger partial charge in [-0.3, -0.25) is 4.79 Å². The second kappa shape index (κ2) is 4.93. The van der Waals surface area contributed by atoms with Gasteiger partial charge in [0.05, 0.1) is 12.2 Å². The molecule has 3 aromatic rings. The molecule has 4 nitrogen and oxygen atoms in total. The highest BCUT2D eigenvalue weighted by atomic mass is 79.9. The van der Waals surface area contributed by atoms with Crippen LogP contribution in [0.4, 0.5) is 0 Å². The Labute approximate surface area is 117 Å². The molecule has 0 aliphatic heterocycles. The third-order valence-electron chi connectivity index (χ3n) is 2.93. The molecule has 0 aliphatic carbocycles. The number of aromatic nitrogens is 3. The fraction of sp³-hybridized carbons (Fsp3) is 0.0714. The minimum absolute atomic E-state index is 0.0237. The Hall–Kier alpha value is -2.01. The van der Waals surface area contributed by atoms with Crippen molar-refractivity contribution in [1.29, 1.82) is 0 Å². The van der Waals surface area contributed by atoms with Crippen molar-refractivity contribution in [3.8, 4) is 0 Å². The number of pyridine rings is 1. The van der Waals surface area contributed by atoms with Gasteiger partial charge in [0, 0.05) is 27.6 Å². The third-order valence-corrected chi connectivity index (χ3v) is 3.62. The quantitative estimate of drug-likeness (QED) is 0.730. The van der Waals surface area contributed by atoms with Gasteiger partial charge in [0.2, 0.25) is 0 Å². The fourth-order valence-corrected chi connectivity index (χ4v) is 2.49. The van der Waals surface area contributed by atoms with Crippen LogP contribution in [-0.4, -0.2) is 14.8 Å². The van der Waals surface area contributed by atoms with E-state index in [1.807, 2.05) is 36.4 Å². The molecule has 0 atom stereocenters. The van der Waals surface area contributed by atoms with Crippen LogP contribution >= 0.6 is 15.9 Å². The van der Waals surface area contributed by atoms with Crippen LogP contribution in [0.25, 0.3) is 10.8 Å². The first-order valence-electron chi connectivity index (χ1n) is 5.80. The van der Waals surface area contributed by atoms with Crippen LogP contribution in [0.3, 0.4) is 0 Å². The number of hydrogen-bond donors (Lipinski definition) is 0. The lowest BCUT2D eigenvalue weighted by atomic mass is 10.2. The summed E-state index contributed by atoms with van der Waals surface area (Å²) < 4.78 is 2.56. The van der Waals surface area contributed by atoms with E-state index in [0.29, 0.717) is 11.9 Å². The molecule has 94 valence electrons. The van der Waals surface area contributed by atoms with Gasteiger partial charge in [-0.2, -0.15) is 10.2 Å². The maximum Gasteiger partial charge on any atom is 0.258 e. The van der Waals surface area contributed by atoms with Gasteiger partial charge in [-0.1, -0.05) is 22.0 Å². The summed E-state index contributed by atoms with van der Waals surface area (Å²) in [5.41, 5.74) is 0.739. The largest absolute Gasteiger partial charge is 0.309 e. The fourth-order valence-electron chi connectivity index (χ4n) is 2.00. The maximum absolute atomic E-state index is 12.4. The predicted molar refractivity (Wildman–Crippen MR) is 77.0 cm³/mol. The molecule has 0 spiro atoms. The molecule has 0 unspecified atom stereocenters. The van der Waals surface area contributed by atoms with Crippen LogP contribution in [0.15, 0.2) is 58.1 Å². The topological polar surface area (TPSA) is 47.8 Å². The van der Waals surface area contributed by atoms with Gasteiger partial charge < -0.3 is 4.57 Å². The van der Waals surface area contributed by atoms with Gasteiger partial charge in [0.25, 0.3) is 5.56 Å². The molecule has 2 heterocycles. The maximum atomic E-state index is 12.4. The van der Waals surface area contributed by atoms with Gasteiger partial charge in [-0.05, 0) is 30.3 Å². The van der Waals surface area contributed by atoms with Crippen molar-refractivity contribution < 1.29 is 0 Å². The first-order valence-corrected chi connectivity index (χ1v) is 6.59. The van der Waals surface area contributed by atoms with Crippen molar-refractivity contribution >= 4 is 26.7 Å². The molecule has 0 saturated heterocycles. The zero-order chi connectivity index (χ0) is 13.2. The molecule has 0 N–H and O–H groups in total. The van der Waals surface area contributed by atoms with Crippen molar-refractivity contribution in [2.24, 2.45) is 0 Å². The molecular weight excluding hydrogens is 306 g/mol. The Morgan fingerprint density at radius 3 is 2.79 bits per heavy atom. The summed E-state index contributed by atoms with van der Waals surface area (Å²) in [6.45, 7) is 0.426. The molecule has 0 radical (unpaired) electrons. The molecule has 0 aliphatic rings. The zero-order valence-electron chi connectivity index (χ0n) is 9.95. The number of benzene rings is 1. The number of nitrogens with zero attached hydrogens (tertiary/aromatic N) is 3. The standard InChI is InChI=1S/C14H10BrN3O/c15-13-5-1-4-12-11(13)6-8-18(14(12)19)9-10-3-2-7-16-17-10/h1-8H,9H2. The van der Waals surface area contributed by atoms with Gasteiger partial charge in [0.15, 0.2) is 0 Å². The van der Waals surface area contributed by atoms with E-state index in [1.165, 1.54) is 0 Å². The SMILES string of the molecule is O=c1c2cccc(Br)c2ccn1Cc1cccnn1. The lowest BCUT2D eigenvalue weighted by Crippen LogP contribution is -2.20. The monoisotopic (exact) mass is 315 g/mol. The van der Waals surface area contributed by atoms with Crippen LogP contribution in [0.2, 0.25) is 0 Å². The van der Waals surface area contributed by atoms with E-state index in [9.17, 15) is 4.79 Å². The van der Waals surface area contributed by atoms with Crippen molar-refractivity contribution in [3.05, 3.63) is 69.3 Å². The summed E-state index contributed by atoms with van der Waals surface area (Å²) in [5, 5.41) is 9.42. The highest BCUT2D eigenvalue weighted by Crippen LogP contribution is 2.20. The lowest BCUT2D eigenvalue weighted by Gasteiger charge is -2.07. The second-order valence-corrected chi connectivity index (χ2v) is 5.02. The Balaban J connectivity index is 2.11. The van der Waals surface area contributed by atoms with E-state index in [4.69, 9.17) is 0 Å². The second-order valence-electron chi connectivity index (χ2n) is 4.16. The molecule has 3 rings (SSSR count). The van der Waals surface area contributed by atoms with Gasteiger partial charge in [-0.15, -0.1) is 0 Å². The van der Waals surface area contributed by atoms with Crippen molar-refractivity contribution in [1.82, 2.24) is 14.8 Å². The summed E-state index contributed by atoms with van der Waals surface area (Å²) >= 11 is 3.45. The summed E-state index contributed by atoms with van der Waals surface area (Å²) in [6.07, 6.45) is 3.40. The van der Waals surface area contributed by atoms with Crippen molar-refractivity contribution in [3.63, 3.8) is 0 Å². The van der Waals surface area contributed by atoms with Crippen molar-refractivity contribution in [2.75, 3.05) is 0 Å². The smallest absolute Gasteiger partial charge is 0.258 e. The summed E-state index contributed by atoms with van der Waals surface area (Å²) in [4.78, 5) is 12.4. The highest BCUT2D eigenvalue weighted by molar-refractivity contribution is 9.10. The van der Waals surface area contributed by atoms with Crippen LogP contribution < -0.4 is 5.56 Å². The predicted octanol–water partition coefficient (Wildman–Crippen LogP) is 2.60. The number of fused-ring (bicyclic) bond motifs is 1. The van der Waals surface area contributed by atoms with Crippen LogP contribution in [0, 0.1) is 0 Å². The molecule has 19 heavy (non-hydrogen) atoms. The molecule has 5 heteroatoms. The Morgan fingerprint density at radius 1 is 1.11 bits per heavy atom. The molecule has 0 amide bonds. The third kappa shape index (κ3) is 2.29. The number of hydrogen-bond acceptors (Lipinski definition) is 3. The normalized spacial score (nSPS) is 10.8. The van der Waals surface area contributed by atoms with E-state index in [-0.39, 0.29) is 5.56 Å². The van der Waals surface area contributed by atoms with E-state index in [2.05, 4.69) is 26.1 Å². The Morgan fingerprint density at radius 2 is 2.00 bits per heavy atom. The summed E-state index contributed by atoms with van der Waals surface area (Å²) in [7, 11) is 0. The van der Waals surface area contributed by atoms with Gasteiger partial charge in [0.1, 0.15) is 0 Å². The highest BCUT2D eigenvalue weighted by Gasteiger charge is 2.05. The summed E-state index contributed by atoms with van der Waals surface area (Å²) in [6, 6.07) is 11.2. The minimum Gasteiger partial charge on any atom is -0.309 e. The van der Waals surface area contributed by atoms with E-state index in [1.54, 1.807) is 17.0 Å². The number of halogens is 1. The van der Waals surface area contributed by atoms with Crippen LogP contribution in [0.5, 0.6) is 0 Å². The average Bonchev–Trinajstić information content (AvgIpc) is 2.44. The van der Waals surface area contributed by atoms with Gasteiger partial charge in [-0.25, -0.2) is 0 Å². The van der Waals surface area contributed by atoms with E-state index >= 15 is 0 Å². The molecule has 0 fully saturated rings.